The summed E-state index contributed by atoms with van der Waals surface area (Å²) in [5.41, 5.74) is 3.54. The quantitative estimate of drug-likeness (QED) is 0.459. The number of hydrogen-bond donors (Lipinski definition) is 4. The van der Waals surface area contributed by atoms with Crippen LogP contribution in [0.1, 0.15) is 25.3 Å². The molecule has 2 rings (SSSR count). The zero-order valence-corrected chi connectivity index (χ0v) is 14.7. The molecule has 0 spiro atoms. The fourth-order valence-corrected chi connectivity index (χ4v) is 2.27. The molecular weight excluding hydrogens is 358 g/mol. The third-order valence-electron chi connectivity index (χ3n) is 3.45. The van der Waals surface area contributed by atoms with E-state index in [-0.39, 0.29) is 30.2 Å². The van der Waals surface area contributed by atoms with Gasteiger partial charge >= 0.3 is 0 Å². The second-order valence-corrected chi connectivity index (χ2v) is 5.87. The van der Waals surface area contributed by atoms with Crippen LogP contribution in [0.4, 0.5) is 5.69 Å². The van der Waals surface area contributed by atoms with Gasteiger partial charge in [-0.1, -0.05) is 23.7 Å². The second kappa shape index (κ2) is 8.87. The minimum absolute atomic E-state index is 0.0317. The van der Waals surface area contributed by atoms with Crippen LogP contribution in [-0.4, -0.2) is 27.7 Å². The Kier molecular flexibility index (Phi) is 6.57. The highest BCUT2D eigenvalue weighted by Crippen LogP contribution is 2.23. The molecule has 0 saturated heterocycles. The molecule has 0 aliphatic rings. The Bertz CT molecular complexity index is 852. The summed E-state index contributed by atoms with van der Waals surface area (Å²) in [6, 6.07) is 10.9. The number of phenolic OH excluding ortho intramolecular Hbond substituents is 2. The predicted octanol–water partition coefficient (Wildman–Crippen LogP) is 3.01. The average molecular weight is 376 g/mol. The third-order valence-corrected chi connectivity index (χ3v) is 3.78. The van der Waals surface area contributed by atoms with E-state index in [2.05, 4.69) is 15.8 Å². The van der Waals surface area contributed by atoms with Crippen molar-refractivity contribution in [1.82, 2.24) is 5.43 Å². The van der Waals surface area contributed by atoms with Crippen molar-refractivity contribution in [1.29, 1.82) is 0 Å². The first-order chi connectivity index (χ1) is 12.4. The molecule has 0 heterocycles. The maximum absolute atomic E-state index is 11.9. The molecule has 4 N–H and O–H groups in total. The molecule has 0 saturated carbocycles. The lowest BCUT2D eigenvalue weighted by molar-refractivity contribution is -0.124. The van der Waals surface area contributed by atoms with E-state index in [0.29, 0.717) is 22.0 Å². The van der Waals surface area contributed by atoms with E-state index in [1.165, 1.54) is 18.2 Å². The van der Waals surface area contributed by atoms with Crippen molar-refractivity contribution >= 4 is 34.8 Å². The molecule has 7 nitrogen and oxygen atoms in total. The molecule has 136 valence electrons. The molecule has 2 aromatic carbocycles. The van der Waals surface area contributed by atoms with Crippen molar-refractivity contribution in [2.45, 2.75) is 19.8 Å². The van der Waals surface area contributed by atoms with Gasteiger partial charge in [0.2, 0.25) is 11.8 Å². The van der Waals surface area contributed by atoms with Crippen molar-refractivity contribution < 1.29 is 19.8 Å². The molecule has 8 heteroatoms. The van der Waals surface area contributed by atoms with E-state index in [4.69, 9.17) is 11.6 Å². The maximum atomic E-state index is 11.9. The largest absolute Gasteiger partial charge is 0.508 e. The van der Waals surface area contributed by atoms with Crippen molar-refractivity contribution in [3.8, 4) is 11.5 Å². The Morgan fingerprint density at radius 3 is 2.46 bits per heavy atom. The van der Waals surface area contributed by atoms with Crippen LogP contribution in [0.5, 0.6) is 11.5 Å². The van der Waals surface area contributed by atoms with E-state index in [0.717, 1.165) is 0 Å². The van der Waals surface area contributed by atoms with E-state index < -0.39 is 5.91 Å². The normalized spacial score (nSPS) is 11.1. The Morgan fingerprint density at radius 2 is 1.77 bits per heavy atom. The van der Waals surface area contributed by atoms with Crippen LogP contribution >= 0.6 is 11.6 Å². The third kappa shape index (κ3) is 5.49. The fraction of sp³-hybridized carbons (Fsp3) is 0.167. The highest BCUT2D eigenvalue weighted by atomic mass is 35.5. The fourth-order valence-electron chi connectivity index (χ4n) is 2.09. The van der Waals surface area contributed by atoms with Crippen LogP contribution in [-0.2, 0) is 9.59 Å². The maximum Gasteiger partial charge on any atom is 0.240 e. The summed E-state index contributed by atoms with van der Waals surface area (Å²) in [4.78, 5) is 23.7. The Balaban J connectivity index is 1.84. The van der Waals surface area contributed by atoms with Gasteiger partial charge in [-0.2, -0.15) is 5.10 Å². The number of halogens is 1. The van der Waals surface area contributed by atoms with Gasteiger partial charge in [-0.05, 0) is 31.2 Å². The molecule has 2 aromatic rings. The van der Waals surface area contributed by atoms with Crippen LogP contribution in [0.15, 0.2) is 47.6 Å². The molecule has 0 bridgehead atoms. The van der Waals surface area contributed by atoms with Crippen LogP contribution < -0.4 is 10.7 Å². The summed E-state index contributed by atoms with van der Waals surface area (Å²) in [5.74, 6) is -1.02. The topological polar surface area (TPSA) is 111 Å². The number of aromatic hydroxyl groups is 2. The number of anilines is 1. The zero-order valence-electron chi connectivity index (χ0n) is 14.0. The highest BCUT2D eigenvalue weighted by molar-refractivity contribution is 6.33. The van der Waals surface area contributed by atoms with Gasteiger partial charge in [-0.3, -0.25) is 9.59 Å². The van der Waals surface area contributed by atoms with Crippen LogP contribution in [0.25, 0.3) is 0 Å². The van der Waals surface area contributed by atoms with Gasteiger partial charge in [0.15, 0.2) is 0 Å². The van der Waals surface area contributed by atoms with Gasteiger partial charge < -0.3 is 15.5 Å². The standard InChI is InChI=1S/C18H18ClN3O4/c1-11(13-7-6-12(23)10-16(13)24)21-22-18(26)9-8-17(25)20-15-5-3-2-4-14(15)19/h2-7,10,23-24H,8-9H2,1H3,(H,20,25)(H,22,26)/b21-11+. The van der Waals surface area contributed by atoms with Crippen molar-refractivity contribution in [3.63, 3.8) is 0 Å². The summed E-state index contributed by atoms with van der Waals surface area (Å²) in [6.07, 6.45) is -0.0926. The van der Waals surface area contributed by atoms with E-state index >= 15 is 0 Å². The number of carbonyl (C=O) groups is 2. The van der Waals surface area contributed by atoms with Gasteiger partial charge in [-0.15, -0.1) is 0 Å². The van der Waals surface area contributed by atoms with Crippen LogP contribution in [0, 0.1) is 0 Å². The lowest BCUT2D eigenvalue weighted by atomic mass is 10.1. The first kappa shape index (κ1) is 19.3. The Labute approximate surface area is 155 Å². The summed E-state index contributed by atoms with van der Waals surface area (Å²) in [7, 11) is 0. The van der Waals surface area contributed by atoms with Gasteiger partial charge in [-0.25, -0.2) is 5.43 Å². The molecule has 0 aromatic heterocycles. The SMILES string of the molecule is C/C(=N\NC(=O)CCC(=O)Nc1ccccc1Cl)c1ccc(O)cc1O. The molecule has 2 amide bonds. The van der Waals surface area contributed by atoms with Gasteiger partial charge in [0.25, 0.3) is 0 Å². The second-order valence-electron chi connectivity index (χ2n) is 5.46. The van der Waals surface area contributed by atoms with Gasteiger partial charge in [0.05, 0.1) is 16.4 Å². The summed E-state index contributed by atoms with van der Waals surface area (Å²) < 4.78 is 0. The first-order valence-electron chi connectivity index (χ1n) is 7.76. The van der Waals surface area contributed by atoms with E-state index in [1.54, 1.807) is 31.2 Å². The molecule has 0 radical (unpaired) electrons. The molecule has 0 atom stereocenters. The number of hydrazone groups is 1. The lowest BCUT2D eigenvalue weighted by Gasteiger charge is -2.07. The van der Waals surface area contributed by atoms with E-state index in [9.17, 15) is 19.8 Å². The number of phenols is 2. The minimum Gasteiger partial charge on any atom is -0.508 e. The molecule has 26 heavy (non-hydrogen) atoms. The van der Waals surface area contributed by atoms with Gasteiger partial charge in [0.1, 0.15) is 11.5 Å². The number of nitrogens with zero attached hydrogens (tertiary/aromatic N) is 1. The van der Waals surface area contributed by atoms with Crippen molar-refractivity contribution in [3.05, 3.63) is 53.1 Å². The van der Waals surface area contributed by atoms with Crippen molar-refractivity contribution in [2.24, 2.45) is 5.10 Å². The lowest BCUT2D eigenvalue weighted by Crippen LogP contribution is -2.21. The molecule has 0 aliphatic carbocycles. The number of carbonyl (C=O) groups excluding carboxylic acids is 2. The molecule has 0 fully saturated rings. The molecule has 0 unspecified atom stereocenters. The summed E-state index contributed by atoms with van der Waals surface area (Å²) >= 11 is 5.95. The van der Waals surface area contributed by atoms with E-state index in [1.807, 2.05) is 0 Å². The highest BCUT2D eigenvalue weighted by Gasteiger charge is 2.10. The van der Waals surface area contributed by atoms with Crippen LogP contribution in [0.3, 0.4) is 0 Å². The minimum atomic E-state index is -0.447. The van der Waals surface area contributed by atoms with Crippen molar-refractivity contribution in [2.75, 3.05) is 5.32 Å². The predicted molar refractivity (Wildman–Crippen MR) is 99.4 cm³/mol. The number of amides is 2. The first-order valence-corrected chi connectivity index (χ1v) is 8.14. The van der Waals surface area contributed by atoms with Gasteiger partial charge in [0, 0.05) is 24.5 Å². The number of benzene rings is 2. The zero-order chi connectivity index (χ0) is 19.1. The molecular formula is C18H18ClN3O4. The molecule has 0 aliphatic heterocycles. The summed E-state index contributed by atoms with van der Waals surface area (Å²) in [6.45, 7) is 1.59. The Morgan fingerprint density at radius 1 is 1.08 bits per heavy atom. The monoisotopic (exact) mass is 375 g/mol. The number of hydrogen-bond acceptors (Lipinski definition) is 5. The Hall–Kier alpha value is -3.06. The average Bonchev–Trinajstić information content (AvgIpc) is 2.60. The van der Waals surface area contributed by atoms with Crippen LogP contribution in [0.2, 0.25) is 5.02 Å². The number of para-hydroxylation sites is 1. The number of rotatable bonds is 6. The smallest absolute Gasteiger partial charge is 0.240 e. The summed E-state index contributed by atoms with van der Waals surface area (Å²) in [5, 5.41) is 25.9. The number of nitrogens with one attached hydrogen (secondary N) is 2.